The van der Waals surface area contributed by atoms with Gasteiger partial charge in [0.15, 0.2) is 0 Å². The number of nitrogens with one attached hydrogen (secondary N) is 1. The first-order valence-corrected chi connectivity index (χ1v) is 7.98. The van der Waals surface area contributed by atoms with E-state index < -0.39 is 29.6 Å². The normalized spacial score (nSPS) is 14.5. The predicted molar refractivity (Wildman–Crippen MR) is 91.5 cm³/mol. The van der Waals surface area contributed by atoms with Crippen molar-refractivity contribution in [3.8, 4) is 0 Å². The Balaban J connectivity index is 1.84. The highest BCUT2D eigenvalue weighted by Gasteiger charge is 2.41. The minimum atomic E-state index is -1.07. The third kappa shape index (κ3) is 3.10. The Bertz CT molecular complexity index is 859. The fraction of sp³-hybridized carbons (Fsp3) is 0.118. The second-order valence-electron chi connectivity index (χ2n) is 5.46. The van der Waals surface area contributed by atoms with Crippen LogP contribution in [-0.2, 0) is 4.79 Å². The molecule has 5 nitrogen and oxygen atoms in total. The largest absolute Gasteiger partial charge is 0.324 e. The van der Waals surface area contributed by atoms with Crippen molar-refractivity contribution in [2.24, 2.45) is 0 Å². The summed E-state index contributed by atoms with van der Waals surface area (Å²) in [5.41, 5.74) is 0.544. The average molecular weight is 381 g/mol. The van der Waals surface area contributed by atoms with Gasteiger partial charge in [0.1, 0.15) is 11.9 Å². The summed E-state index contributed by atoms with van der Waals surface area (Å²) in [5.74, 6) is -2.28. The number of fused-ring (bicyclic) bond motifs is 1. The quantitative estimate of drug-likeness (QED) is 0.824. The maximum Gasteiger partial charge on any atom is 0.262 e. The van der Waals surface area contributed by atoms with Gasteiger partial charge in [-0.15, -0.1) is 0 Å². The zero-order chi connectivity index (χ0) is 18.3. The molecule has 1 unspecified atom stereocenters. The van der Waals surface area contributed by atoms with E-state index in [1.807, 2.05) is 0 Å². The SMILES string of the molecule is CC(C(=O)Nc1ccc(F)cc1)N1C(=O)c2cc(Cl)c(Cl)cc2C1=O. The molecule has 1 N–H and O–H groups in total. The molecule has 0 radical (unpaired) electrons. The van der Waals surface area contributed by atoms with E-state index >= 15 is 0 Å². The molecular formula is C17H11Cl2FN2O3. The molecule has 0 fully saturated rings. The highest BCUT2D eigenvalue weighted by molar-refractivity contribution is 6.43. The number of nitrogens with zero attached hydrogens (tertiary/aromatic N) is 1. The molecule has 128 valence electrons. The molecule has 0 spiro atoms. The molecule has 8 heteroatoms. The first-order valence-electron chi connectivity index (χ1n) is 7.23. The lowest BCUT2D eigenvalue weighted by Crippen LogP contribution is -2.45. The number of benzene rings is 2. The topological polar surface area (TPSA) is 66.5 Å². The van der Waals surface area contributed by atoms with Gasteiger partial charge in [-0.3, -0.25) is 19.3 Å². The van der Waals surface area contributed by atoms with Gasteiger partial charge in [0.25, 0.3) is 11.8 Å². The number of carbonyl (C=O) groups excluding carboxylic acids is 3. The summed E-state index contributed by atoms with van der Waals surface area (Å²) < 4.78 is 12.9. The van der Waals surface area contributed by atoms with Gasteiger partial charge < -0.3 is 5.32 Å². The fourth-order valence-corrected chi connectivity index (χ4v) is 2.83. The Kier molecular flexibility index (Phi) is 4.49. The van der Waals surface area contributed by atoms with Crippen molar-refractivity contribution in [3.63, 3.8) is 0 Å². The van der Waals surface area contributed by atoms with Crippen LogP contribution in [0.3, 0.4) is 0 Å². The number of imide groups is 1. The molecule has 0 aliphatic carbocycles. The van der Waals surface area contributed by atoms with Crippen LogP contribution in [-0.4, -0.2) is 28.7 Å². The Morgan fingerprint density at radius 3 is 2.00 bits per heavy atom. The Morgan fingerprint density at radius 2 is 1.52 bits per heavy atom. The lowest BCUT2D eigenvalue weighted by molar-refractivity contribution is -0.119. The van der Waals surface area contributed by atoms with Gasteiger partial charge in [0.05, 0.1) is 21.2 Å². The van der Waals surface area contributed by atoms with Crippen molar-refractivity contribution in [1.82, 2.24) is 4.90 Å². The molecule has 3 amide bonds. The Hall–Kier alpha value is -2.44. The Morgan fingerprint density at radius 1 is 1.04 bits per heavy atom. The van der Waals surface area contributed by atoms with Gasteiger partial charge in [0.2, 0.25) is 5.91 Å². The van der Waals surface area contributed by atoms with Crippen LogP contribution < -0.4 is 5.32 Å². The molecule has 1 atom stereocenters. The van der Waals surface area contributed by atoms with Gasteiger partial charge in [-0.05, 0) is 43.3 Å². The number of halogens is 3. The van der Waals surface area contributed by atoms with E-state index in [4.69, 9.17) is 23.2 Å². The summed E-state index contributed by atoms with van der Waals surface area (Å²) in [4.78, 5) is 38.2. The highest BCUT2D eigenvalue weighted by Crippen LogP contribution is 2.32. The van der Waals surface area contributed by atoms with Crippen molar-refractivity contribution in [2.75, 3.05) is 5.32 Å². The summed E-state index contributed by atoms with van der Waals surface area (Å²) in [6.45, 7) is 1.42. The molecule has 1 heterocycles. The minimum absolute atomic E-state index is 0.0980. The number of hydrogen-bond donors (Lipinski definition) is 1. The molecule has 3 rings (SSSR count). The summed E-state index contributed by atoms with van der Waals surface area (Å²) in [7, 11) is 0. The van der Waals surface area contributed by atoms with Crippen LogP contribution in [0.5, 0.6) is 0 Å². The minimum Gasteiger partial charge on any atom is -0.324 e. The van der Waals surface area contributed by atoms with E-state index in [-0.39, 0.29) is 21.2 Å². The lowest BCUT2D eigenvalue weighted by atomic mass is 10.1. The standard InChI is InChI=1S/C17H11Cl2FN2O3/c1-8(15(23)21-10-4-2-9(20)3-5-10)22-16(24)11-6-13(18)14(19)7-12(11)17(22)25/h2-8H,1H3,(H,21,23). The van der Waals surface area contributed by atoms with Gasteiger partial charge in [0, 0.05) is 5.69 Å². The van der Waals surface area contributed by atoms with E-state index in [9.17, 15) is 18.8 Å². The van der Waals surface area contributed by atoms with Gasteiger partial charge >= 0.3 is 0 Å². The van der Waals surface area contributed by atoms with Gasteiger partial charge in [-0.1, -0.05) is 23.2 Å². The third-order valence-corrected chi connectivity index (χ3v) is 4.56. The number of amides is 3. The zero-order valence-electron chi connectivity index (χ0n) is 12.8. The van der Waals surface area contributed by atoms with E-state index in [0.717, 1.165) is 4.90 Å². The van der Waals surface area contributed by atoms with E-state index in [1.54, 1.807) is 0 Å². The molecule has 1 aliphatic rings. The first kappa shape index (κ1) is 17.4. The van der Waals surface area contributed by atoms with Crippen molar-refractivity contribution in [3.05, 3.63) is 63.4 Å². The molecule has 0 aromatic heterocycles. The van der Waals surface area contributed by atoms with Crippen molar-refractivity contribution in [2.45, 2.75) is 13.0 Å². The molecule has 25 heavy (non-hydrogen) atoms. The molecule has 0 saturated carbocycles. The monoisotopic (exact) mass is 380 g/mol. The van der Waals surface area contributed by atoms with E-state index in [2.05, 4.69) is 5.32 Å². The second-order valence-corrected chi connectivity index (χ2v) is 6.28. The van der Waals surface area contributed by atoms with Crippen molar-refractivity contribution < 1.29 is 18.8 Å². The first-order chi connectivity index (χ1) is 11.8. The van der Waals surface area contributed by atoms with E-state index in [1.165, 1.54) is 43.3 Å². The fourth-order valence-electron chi connectivity index (χ4n) is 2.50. The van der Waals surface area contributed by atoms with Crippen LogP contribution >= 0.6 is 23.2 Å². The smallest absolute Gasteiger partial charge is 0.262 e. The average Bonchev–Trinajstić information content (AvgIpc) is 2.80. The third-order valence-electron chi connectivity index (χ3n) is 3.84. The van der Waals surface area contributed by atoms with Crippen LogP contribution in [0, 0.1) is 5.82 Å². The van der Waals surface area contributed by atoms with Crippen LogP contribution in [0.25, 0.3) is 0 Å². The summed E-state index contributed by atoms with van der Waals surface area (Å²) in [6.07, 6.45) is 0. The van der Waals surface area contributed by atoms with Gasteiger partial charge in [-0.2, -0.15) is 0 Å². The number of hydrogen-bond acceptors (Lipinski definition) is 3. The second kappa shape index (κ2) is 6.46. The summed E-state index contributed by atoms with van der Waals surface area (Å²) >= 11 is 11.8. The van der Waals surface area contributed by atoms with Crippen molar-refractivity contribution >= 4 is 46.6 Å². The molecular weight excluding hydrogens is 370 g/mol. The van der Waals surface area contributed by atoms with Crippen LogP contribution in [0.1, 0.15) is 27.6 Å². The molecule has 0 saturated heterocycles. The number of rotatable bonds is 3. The zero-order valence-corrected chi connectivity index (χ0v) is 14.4. The highest BCUT2D eigenvalue weighted by atomic mass is 35.5. The molecule has 2 aromatic rings. The summed E-state index contributed by atoms with van der Waals surface area (Å²) in [5, 5.41) is 2.82. The number of carbonyl (C=O) groups is 3. The molecule has 0 bridgehead atoms. The van der Waals surface area contributed by atoms with Crippen LogP contribution in [0.4, 0.5) is 10.1 Å². The van der Waals surface area contributed by atoms with E-state index in [0.29, 0.717) is 5.69 Å². The lowest BCUT2D eigenvalue weighted by Gasteiger charge is -2.21. The maximum absolute atomic E-state index is 12.9. The maximum atomic E-state index is 12.9. The molecule has 2 aromatic carbocycles. The number of anilines is 1. The van der Waals surface area contributed by atoms with Crippen LogP contribution in [0.2, 0.25) is 10.0 Å². The van der Waals surface area contributed by atoms with Crippen molar-refractivity contribution in [1.29, 1.82) is 0 Å². The predicted octanol–water partition coefficient (Wildman–Crippen LogP) is 3.76. The molecule has 1 aliphatic heterocycles. The summed E-state index contributed by atoms with van der Waals surface area (Å²) in [6, 6.07) is 6.67. The van der Waals surface area contributed by atoms with Gasteiger partial charge in [-0.25, -0.2) is 4.39 Å². The Labute approximate surface area is 152 Å². The van der Waals surface area contributed by atoms with Crippen LogP contribution in [0.15, 0.2) is 36.4 Å².